The van der Waals surface area contributed by atoms with Gasteiger partial charge in [0.05, 0.1) is 0 Å². The largest absolute Gasteiger partial charge is 0.311 e. The van der Waals surface area contributed by atoms with Crippen molar-refractivity contribution in [3.8, 4) is 55.6 Å². The maximum Gasteiger partial charge on any atom is 0.0462 e. The normalized spacial score (nSPS) is 11.4. The van der Waals surface area contributed by atoms with E-state index in [1.165, 1.54) is 27.1 Å². The highest BCUT2D eigenvalue weighted by Crippen LogP contribution is 2.57. The van der Waals surface area contributed by atoms with Gasteiger partial charge < -0.3 is 24.5 Å². The molecule has 19 aromatic rings. The Hall–Kier alpha value is -14.8. The highest BCUT2D eigenvalue weighted by atomic mass is 15.2. The van der Waals surface area contributed by atoms with Crippen LogP contribution in [0.15, 0.2) is 449 Å². The molecule has 0 aliphatic rings. The summed E-state index contributed by atoms with van der Waals surface area (Å²) in [5, 5.41) is 7.09. The molecule has 19 aromatic carbocycles. The molecular formula is C110H83N5. The van der Waals surface area contributed by atoms with Crippen molar-refractivity contribution in [2.45, 2.75) is 26.2 Å². The minimum atomic E-state index is -0.305. The van der Waals surface area contributed by atoms with E-state index in [0.29, 0.717) is 0 Å². The Balaban J connectivity index is 0.940. The molecule has 19 rings (SSSR count). The fourth-order valence-electron chi connectivity index (χ4n) is 16.9. The van der Waals surface area contributed by atoms with Gasteiger partial charge in [0.15, 0.2) is 0 Å². The van der Waals surface area contributed by atoms with Gasteiger partial charge in [-0.3, -0.25) is 0 Å². The zero-order chi connectivity index (χ0) is 77.2. The molecule has 0 amide bonds. The number of benzene rings is 19. The number of nitrogens with zero attached hydrogens (tertiary/aromatic N) is 5. The van der Waals surface area contributed by atoms with Gasteiger partial charge in [0.2, 0.25) is 0 Å². The van der Waals surface area contributed by atoms with E-state index in [1.54, 1.807) is 0 Å². The first-order chi connectivity index (χ1) is 56.7. The molecule has 0 spiro atoms. The summed E-state index contributed by atoms with van der Waals surface area (Å²) in [6.07, 6.45) is 0. The molecule has 548 valence electrons. The summed E-state index contributed by atoms with van der Waals surface area (Å²) in [6, 6.07) is 164. The molecule has 0 fully saturated rings. The van der Waals surface area contributed by atoms with Gasteiger partial charge in [0.25, 0.3) is 0 Å². The van der Waals surface area contributed by atoms with Crippen LogP contribution in [0.1, 0.15) is 26.3 Å². The van der Waals surface area contributed by atoms with Crippen molar-refractivity contribution in [2.75, 3.05) is 24.5 Å². The lowest BCUT2D eigenvalue weighted by molar-refractivity contribution is 0.592. The molecule has 5 heteroatoms. The molecule has 0 aliphatic heterocycles. The second-order valence-corrected chi connectivity index (χ2v) is 30.4. The van der Waals surface area contributed by atoms with E-state index in [9.17, 15) is 0 Å². The van der Waals surface area contributed by atoms with Crippen molar-refractivity contribution >= 4 is 118 Å². The van der Waals surface area contributed by atoms with Crippen LogP contribution in [-0.2, 0) is 5.41 Å². The van der Waals surface area contributed by atoms with E-state index in [0.717, 1.165) is 152 Å². The lowest BCUT2D eigenvalue weighted by atomic mass is 9.74. The van der Waals surface area contributed by atoms with Gasteiger partial charge in [-0.15, -0.1) is 0 Å². The molecule has 5 nitrogen and oxygen atoms in total. The summed E-state index contributed by atoms with van der Waals surface area (Å²) >= 11 is 0. The second kappa shape index (κ2) is 30.8. The predicted octanol–water partition coefficient (Wildman–Crippen LogP) is 31.6. The molecule has 0 atom stereocenters. The smallest absolute Gasteiger partial charge is 0.0462 e. The number of hydrogen-bond donors (Lipinski definition) is 0. The van der Waals surface area contributed by atoms with Crippen LogP contribution in [0.4, 0.5) is 85.3 Å². The Morgan fingerprint density at radius 1 is 0.148 bits per heavy atom. The molecule has 0 heterocycles. The first-order valence-corrected chi connectivity index (χ1v) is 39.6. The number of hydrogen-bond acceptors (Lipinski definition) is 5. The van der Waals surface area contributed by atoms with E-state index in [2.05, 4.69) is 494 Å². The van der Waals surface area contributed by atoms with Crippen LogP contribution >= 0.6 is 0 Å². The Morgan fingerprint density at radius 2 is 0.296 bits per heavy atom. The molecular weight excluding hydrogens is 1390 g/mol. The molecule has 0 bridgehead atoms. The highest BCUT2D eigenvalue weighted by Gasteiger charge is 2.31. The van der Waals surface area contributed by atoms with E-state index in [4.69, 9.17) is 0 Å². The number of para-hydroxylation sites is 10. The van der Waals surface area contributed by atoms with E-state index >= 15 is 0 Å². The molecule has 0 N–H and O–H groups in total. The Kier molecular flexibility index (Phi) is 18.9. The van der Waals surface area contributed by atoms with Gasteiger partial charge in [-0.05, 0) is 305 Å². The Morgan fingerprint density at radius 3 is 0.461 bits per heavy atom. The fraction of sp³-hybridized carbons (Fsp3) is 0.0364. The summed E-state index contributed by atoms with van der Waals surface area (Å²) in [7, 11) is 0. The third-order valence-corrected chi connectivity index (χ3v) is 22.2. The minimum Gasteiger partial charge on any atom is -0.311 e. The van der Waals surface area contributed by atoms with Crippen molar-refractivity contribution in [3.05, 3.63) is 454 Å². The lowest BCUT2D eigenvalue weighted by Gasteiger charge is -2.30. The zero-order valence-electron chi connectivity index (χ0n) is 64.5. The fourth-order valence-corrected chi connectivity index (χ4v) is 16.9. The zero-order valence-corrected chi connectivity index (χ0v) is 64.5. The molecule has 0 saturated heterocycles. The first kappa shape index (κ1) is 70.6. The van der Waals surface area contributed by atoms with Crippen LogP contribution in [0.2, 0.25) is 0 Å². The summed E-state index contributed by atoms with van der Waals surface area (Å²) in [5.41, 5.74) is 28.2. The maximum atomic E-state index is 2.55. The summed E-state index contributed by atoms with van der Waals surface area (Å²) in [5.74, 6) is 0. The molecule has 0 saturated carbocycles. The summed E-state index contributed by atoms with van der Waals surface area (Å²) in [6.45, 7) is 7.12. The van der Waals surface area contributed by atoms with Crippen molar-refractivity contribution in [1.29, 1.82) is 0 Å². The lowest BCUT2D eigenvalue weighted by Crippen LogP contribution is -2.12. The van der Waals surface area contributed by atoms with Gasteiger partial charge in [0, 0.05) is 85.3 Å². The molecule has 0 radical (unpaired) electrons. The first-order valence-electron chi connectivity index (χ1n) is 39.6. The maximum absolute atomic E-state index is 2.55. The average Bonchev–Trinajstić information content (AvgIpc) is 0.686. The SMILES string of the molecule is CC(C)(C)c1cc2c(-c3ccc(N(c4ccccc4)c4ccccc4)cc3)c(-c3ccc(N(c4ccccc4)c4ccccc4)cc3)c3cc(-c4ccc(N(c5ccccc5)c5ccccc5)cc4)cc4c(-c5ccc(N(c6ccccc6)c6ccccc6)cc5)c(-c5ccc(N(c6ccccc6)c6ccccc6)cc5)c(c1)c2c34. The quantitative estimate of drug-likeness (QED) is 0.0705. The minimum absolute atomic E-state index is 0.305. The van der Waals surface area contributed by atoms with Crippen molar-refractivity contribution < 1.29 is 0 Å². The van der Waals surface area contributed by atoms with Gasteiger partial charge >= 0.3 is 0 Å². The molecule has 115 heavy (non-hydrogen) atoms. The van der Waals surface area contributed by atoms with Gasteiger partial charge in [-0.2, -0.15) is 0 Å². The van der Waals surface area contributed by atoms with Crippen LogP contribution in [0.5, 0.6) is 0 Å². The third kappa shape index (κ3) is 13.7. The van der Waals surface area contributed by atoms with Crippen molar-refractivity contribution in [1.82, 2.24) is 0 Å². The van der Waals surface area contributed by atoms with E-state index in [-0.39, 0.29) is 5.41 Å². The van der Waals surface area contributed by atoms with E-state index < -0.39 is 0 Å². The van der Waals surface area contributed by atoms with Crippen molar-refractivity contribution in [2.24, 2.45) is 0 Å². The molecule has 0 unspecified atom stereocenters. The monoisotopic (exact) mass is 1470 g/mol. The van der Waals surface area contributed by atoms with Gasteiger partial charge in [-0.25, -0.2) is 0 Å². The van der Waals surface area contributed by atoms with E-state index in [1.807, 2.05) is 0 Å². The highest BCUT2D eigenvalue weighted by molar-refractivity contribution is 6.37. The molecule has 0 aliphatic carbocycles. The topological polar surface area (TPSA) is 16.2 Å². The number of anilines is 15. The van der Waals surface area contributed by atoms with Gasteiger partial charge in [-0.1, -0.05) is 263 Å². The number of rotatable bonds is 20. The van der Waals surface area contributed by atoms with Crippen LogP contribution < -0.4 is 24.5 Å². The van der Waals surface area contributed by atoms with Crippen LogP contribution in [-0.4, -0.2) is 0 Å². The average molecular weight is 1470 g/mol. The Bertz CT molecular complexity index is 5990. The van der Waals surface area contributed by atoms with Crippen LogP contribution in [0, 0.1) is 0 Å². The molecule has 0 aromatic heterocycles. The van der Waals surface area contributed by atoms with Gasteiger partial charge in [0.1, 0.15) is 0 Å². The van der Waals surface area contributed by atoms with Crippen LogP contribution in [0.25, 0.3) is 88.0 Å². The Labute approximate surface area is 674 Å². The summed E-state index contributed by atoms with van der Waals surface area (Å²) in [4.78, 5) is 11.8. The summed E-state index contributed by atoms with van der Waals surface area (Å²) < 4.78 is 0. The van der Waals surface area contributed by atoms with Crippen molar-refractivity contribution in [3.63, 3.8) is 0 Å². The second-order valence-electron chi connectivity index (χ2n) is 30.4. The third-order valence-electron chi connectivity index (χ3n) is 22.2. The van der Waals surface area contributed by atoms with Crippen LogP contribution in [0.3, 0.4) is 0 Å². The standard InChI is InChI=1S/C110H83N5/c1-110(2,3)84-76-102-106(81-60-70-98(71-61-81)114(91-46-26-10-27-47-91)92-48-28-11-29-49-92)104(79-56-66-96(67-57-79)112(87-38-18-6-19-39-87)88-40-20-7-21-41-88)100-74-83(78-54-64-95(65-55-78)111(85-34-14-4-15-35-85)86-36-16-5-17-37-86)75-101-105(80-58-68-97(69-59-80)113(89-42-22-8-23-43-89)90-44-24-9-25-45-90)107(103(77-84)109(102)108(100)101)82-62-72-99(73-63-82)115(93-50-30-12-31-51-93)94-52-32-13-33-53-94/h4-77H,1-3H3. The predicted molar refractivity (Wildman–Crippen MR) is 489 cm³/mol.